The van der Waals surface area contributed by atoms with Crippen LogP contribution in [0, 0.1) is 0 Å². The van der Waals surface area contributed by atoms with Crippen LogP contribution < -0.4 is 0 Å². The minimum atomic E-state index is 0.126. The van der Waals surface area contributed by atoms with E-state index in [0.717, 1.165) is 72.1 Å². The predicted octanol–water partition coefficient (Wildman–Crippen LogP) is 10.3. The minimum Gasteiger partial charge on any atom is -0.508 e. The lowest BCUT2D eigenvalue weighted by atomic mass is 10.00. The number of nitrogens with one attached hydrogen (secondary N) is 2. The summed E-state index contributed by atoms with van der Waals surface area (Å²) in [5.74, 6) is 0.513. The number of aromatic nitrogens is 3. The number of hydrogen-bond donors (Lipinski definition) is 6. The zero-order valence-corrected chi connectivity index (χ0v) is 27.5. The Kier molecular flexibility index (Phi) is 7.22. The summed E-state index contributed by atoms with van der Waals surface area (Å²) < 4.78 is 0. The Hall–Kier alpha value is -7.32. The van der Waals surface area contributed by atoms with Gasteiger partial charge >= 0.3 is 0 Å². The normalized spacial score (nSPS) is 12.0. The molecule has 0 amide bonds. The third-order valence-corrected chi connectivity index (χ3v) is 9.32. The molecule has 8 nitrogen and oxygen atoms in total. The summed E-state index contributed by atoms with van der Waals surface area (Å²) in [7, 11) is 0. The molecule has 0 aliphatic carbocycles. The highest BCUT2D eigenvalue weighted by Gasteiger charge is 2.19. The van der Waals surface area contributed by atoms with Crippen LogP contribution in [-0.4, -0.2) is 41.6 Å². The van der Waals surface area contributed by atoms with E-state index >= 15 is 0 Å². The first-order valence-corrected chi connectivity index (χ1v) is 16.7. The van der Waals surface area contributed by atoms with Gasteiger partial charge in [0.15, 0.2) is 0 Å². The first-order valence-electron chi connectivity index (χ1n) is 16.7. The quantitative estimate of drug-likeness (QED) is 0.110. The van der Waals surface area contributed by atoms with Gasteiger partial charge in [-0.3, -0.25) is 4.99 Å². The molecule has 0 saturated heterocycles. The van der Waals surface area contributed by atoms with E-state index in [1.54, 1.807) is 66.7 Å². The molecule has 0 radical (unpaired) electrons. The molecule has 8 heteroatoms. The fourth-order valence-corrected chi connectivity index (χ4v) is 7.10. The van der Waals surface area contributed by atoms with Gasteiger partial charge < -0.3 is 30.4 Å². The number of aliphatic imine (C=N–C) groups is 1. The third-order valence-electron chi connectivity index (χ3n) is 9.32. The average Bonchev–Trinajstić information content (AvgIpc) is 3.96. The largest absolute Gasteiger partial charge is 0.508 e. The molecule has 6 N–H and O–H groups in total. The molecule has 3 aromatic heterocycles. The first-order chi connectivity index (χ1) is 25.4. The summed E-state index contributed by atoms with van der Waals surface area (Å²) in [5, 5.41) is 42.3. The molecule has 9 rings (SSSR count). The van der Waals surface area contributed by atoms with Gasteiger partial charge in [0.2, 0.25) is 0 Å². The third kappa shape index (κ3) is 5.45. The number of rotatable bonds is 4. The number of phenols is 4. The Morgan fingerprint density at radius 1 is 0.404 bits per heavy atom. The van der Waals surface area contributed by atoms with Crippen LogP contribution in [0.25, 0.3) is 78.7 Å². The SMILES string of the molecule is Oc1cccc(-c2c3cc(c(-c4cccc(O)c4)c4ccc([nH]4)c(-c4cccc(O)c4)c4nc(c(-c5cccc(O)c5)c5ccc2[nH]5)C=C4)N=C3)c1. The van der Waals surface area contributed by atoms with Crippen molar-refractivity contribution in [3.63, 3.8) is 0 Å². The highest BCUT2D eigenvalue weighted by Crippen LogP contribution is 2.41. The monoisotopic (exact) mass is 678 g/mol. The van der Waals surface area contributed by atoms with Gasteiger partial charge in [-0.15, -0.1) is 0 Å². The fourth-order valence-electron chi connectivity index (χ4n) is 7.10. The summed E-state index contributed by atoms with van der Waals surface area (Å²) in [6.07, 6.45) is 5.72. The number of fused-ring (bicyclic) bond motifs is 8. The van der Waals surface area contributed by atoms with Gasteiger partial charge in [-0.2, -0.15) is 0 Å². The topological polar surface area (TPSA) is 138 Å². The van der Waals surface area contributed by atoms with E-state index in [9.17, 15) is 20.4 Å². The molecule has 0 atom stereocenters. The van der Waals surface area contributed by atoms with Crippen LogP contribution in [0.3, 0.4) is 0 Å². The van der Waals surface area contributed by atoms with Crippen molar-refractivity contribution in [1.29, 1.82) is 0 Å². The molecule has 2 aliphatic heterocycles. The fraction of sp³-hybridized carbons (Fsp3) is 0. The molecular weight excluding hydrogens is 649 g/mol. The Labute approximate surface area is 297 Å². The van der Waals surface area contributed by atoms with Crippen molar-refractivity contribution >= 4 is 46.1 Å². The van der Waals surface area contributed by atoms with Crippen LogP contribution in [0.4, 0.5) is 5.69 Å². The maximum absolute atomic E-state index is 10.6. The molecule has 0 spiro atoms. The van der Waals surface area contributed by atoms with Gasteiger partial charge in [-0.05, 0) is 113 Å². The molecule has 0 unspecified atom stereocenters. The summed E-state index contributed by atoms with van der Waals surface area (Å²) in [6, 6.07) is 38.3. The molecule has 5 heterocycles. The van der Waals surface area contributed by atoms with Crippen LogP contribution in [0.2, 0.25) is 0 Å². The first kappa shape index (κ1) is 30.7. The molecule has 8 bridgehead atoms. The predicted molar refractivity (Wildman–Crippen MR) is 208 cm³/mol. The molecule has 7 aromatic rings. The Balaban J connectivity index is 1.49. The lowest BCUT2D eigenvalue weighted by Crippen LogP contribution is -1.88. The van der Waals surface area contributed by atoms with E-state index in [0.29, 0.717) is 17.1 Å². The van der Waals surface area contributed by atoms with Gasteiger partial charge in [-0.1, -0.05) is 48.5 Å². The molecule has 250 valence electrons. The lowest BCUT2D eigenvalue weighted by molar-refractivity contribution is 0.475. The van der Waals surface area contributed by atoms with Crippen LogP contribution in [0.15, 0.2) is 132 Å². The number of aromatic hydroxyl groups is 4. The highest BCUT2D eigenvalue weighted by molar-refractivity contribution is 6.05. The van der Waals surface area contributed by atoms with E-state index in [2.05, 4.69) is 9.97 Å². The van der Waals surface area contributed by atoms with Gasteiger partial charge in [0.1, 0.15) is 23.0 Å². The van der Waals surface area contributed by atoms with E-state index in [1.807, 2.05) is 79.0 Å². The zero-order valence-electron chi connectivity index (χ0n) is 27.5. The van der Waals surface area contributed by atoms with Crippen molar-refractivity contribution in [3.05, 3.63) is 144 Å². The van der Waals surface area contributed by atoms with Crippen molar-refractivity contribution in [3.8, 4) is 67.5 Å². The minimum absolute atomic E-state index is 0.126. The number of benzene rings is 4. The standard InChI is InChI=1S/C44H30N4O4/c49-30-9-1-5-25(19-30)41-29-23-40(45-24-29)44(28-8-4-12-33(52)22-28)39-18-17-38(48-39)43(27-7-3-11-32(51)21-27)37-16-15-36(47-37)42(35-14-13-34(41)46-35)26-6-2-10-31(50)20-26/h1-24,46,48-52H. The van der Waals surface area contributed by atoms with E-state index < -0.39 is 0 Å². The summed E-state index contributed by atoms with van der Waals surface area (Å²) >= 11 is 0. The number of nitrogens with zero attached hydrogens (tertiary/aromatic N) is 2. The maximum atomic E-state index is 10.6. The number of aromatic amines is 2. The van der Waals surface area contributed by atoms with Crippen molar-refractivity contribution < 1.29 is 20.4 Å². The van der Waals surface area contributed by atoms with E-state index in [4.69, 9.17) is 9.98 Å². The maximum Gasteiger partial charge on any atom is 0.116 e. The molecule has 2 aliphatic rings. The van der Waals surface area contributed by atoms with Crippen LogP contribution >= 0.6 is 0 Å². The molecule has 0 saturated carbocycles. The van der Waals surface area contributed by atoms with Crippen molar-refractivity contribution in [2.75, 3.05) is 0 Å². The van der Waals surface area contributed by atoms with Crippen molar-refractivity contribution in [2.24, 2.45) is 4.99 Å². The second-order valence-corrected chi connectivity index (χ2v) is 12.7. The van der Waals surface area contributed by atoms with Crippen molar-refractivity contribution in [2.45, 2.75) is 0 Å². The van der Waals surface area contributed by atoms with Gasteiger partial charge in [0, 0.05) is 56.1 Å². The van der Waals surface area contributed by atoms with Gasteiger partial charge in [-0.25, -0.2) is 4.98 Å². The summed E-state index contributed by atoms with van der Waals surface area (Å²) in [5.41, 5.74) is 12.1. The average molecular weight is 679 g/mol. The molecule has 52 heavy (non-hydrogen) atoms. The molecule has 4 aromatic carbocycles. The Bertz CT molecular complexity index is 2440. The second kappa shape index (κ2) is 12.2. The number of H-pyrrole nitrogens is 2. The van der Waals surface area contributed by atoms with Crippen LogP contribution in [0.1, 0.15) is 17.0 Å². The van der Waals surface area contributed by atoms with Gasteiger partial charge in [0.05, 0.1) is 17.1 Å². The Morgan fingerprint density at radius 2 is 0.788 bits per heavy atom. The Morgan fingerprint density at radius 3 is 1.23 bits per heavy atom. The molecule has 0 fully saturated rings. The summed E-state index contributed by atoms with van der Waals surface area (Å²) in [4.78, 5) is 17.4. The van der Waals surface area contributed by atoms with Crippen LogP contribution in [0.5, 0.6) is 23.0 Å². The van der Waals surface area contributed by atoms with Gasteiger partial charge in [0.25, 0.3) is 0 Å². The van der Waals surface area contributed by atoms with Crippen LogP contribution in [-0.2, 0) is 0 Å². The second-order valence-electron chi connectivity index (χ2n) is 12.7. The van der Waals surface area contributed by atoms with E-state index in [1.165, 1.54) is 0 Å². The highest BCUT2D eigenvalue weighted by atomic mass is 16.3. The number of phenolic OH excluding ortho intramolecular Hbond substituents is 4. The van der Waals surface area contributed by atoms with Crippen molar-refractivity contribution in [1.82, 2.24) is 15.0 Å². The number of hydrogen-bond acceptors (Lipinski definition) is 6. The molecular formula is C44H30N4O4. The smallest absolute Gasteiger partial charge is 0.116 e. The van der Waals surface area contributed by atoms with E-state index in [-0.39, 0.29) is 23.0 Å². The zero-order chi connectivity index (χ0) is 35.3. The lowest BCUT2D eigenvalue weighted by Gasteiger charge is -2.07. The summed E-state index contributed by atoms with van der Waals surface area (Å²) in [6.45, 7) is 0.